The maximum absolute atomic E-state index is 13.5. The Kier molecular flexibility index (Phi) is 10.4. The van der Waals surface area contributed by atoms with Gasteiger partial charge in [-0.15, -0.1) is 0 Å². The monoisotopic (exact) mass is 705 g/mol. The van der Waals surface area contributed by atoms with E-state index in [4.69, 9.17) is 38.7 Å². The summed E-state index contributed by atoms with van der Waals surface area (Å²) in [5, 5.41) is 9.83. The number of aromatic nitrogens is 4. The molecule has 3 amide bonds. The van der Waals surface area contributed by atoms with Crippen molar-refractivity contribution in [3.63, 3.8) is 0 Å². The highest BCUT2D eigenvalue weighted by Gasteiger charge is 2.27. The standard InChI is InChI=1S/C34H37Cl2N9O4/c1-44-26-11-14-45(15-12-27(37)46)18-25(26)41-32(44)33(48)42-24-5-3-4-22(29(24)35)31-30(36)21(10-13-39-31)23-8-6-19(34(43-23)49-2)16-38-17-20-7-9-28(47)40-20/h3-6,8,10,13,20,38H,7,9,11-12,14-18H2,1-2H3,(H2,37,46)(H,40,47)(H,42,48)/t20-/m1/s1. The number of nitrogens with one attached hydrogen (secondary N) is 3. The van der Waals surface area contributed by atoms with Crippen molar-refractivity contribution in [1.29, 1.82) is 0 Å². The molecule has 2 aliphatic rings. The second kappa shape index (κ2) is 14.9. The predicted octanol–water partition coefficient (Wildman–Crippen LogP) is 3.71. The SMILES string of the molecule is COc1nc(-c2ccnc(-c3cccc(NC(=O)c4nc5c(n4C)CCN(CCC(N)=O)C5)c3Cl)c2Cl)ccc1CNC[C@H]1CCC(=O)N1. The van der Waals surface area contributed by atoms with Gasteiger partial charge in [0.2, 0.25) is 17.7 Å². The van der Waals surface area contributed by atoms with Gasteiger partial charge in [-0.3, -0.25) is 24.3 Å². The van der Waals surface area contributed by atoms with E-state index in [2.05, 4.69) is 30.8 Å². The van der Waals surface area contributed by atoms with Crippen molar-refractivity contribution in [1.82, 2.24) is 35.1 Å². The van der Waals surface area contributed by atoms with Crippen LogP contribution >= 0.6 is 23.2 Å². The number of carbonyl (C=O) groups excluding carboxylic acids is 3. The molecule has 256 valence electrons. The van der Waals surface area contributed by atoms with Gasteiger partial charge in [0.1, 0.15) is 0 Å². The summed E-state index contributed by atoms with van der Waals surface area (Å²) in [4.78, 5) is 52.2. The first kappa shape index (κ1) is 34.3. The van der Waals surface area contributed by atoms with Crippen LogP contribution in [0.15, 0.2) is 42.6 Å². The molecular weight excluding hydrogens is 669 g/mol. The van der Waals surface area contributed by atoms with E-state index in [1.54, 1.807) is 42.1 Å². The first-order valence-electron chi connectivity index (χ1n) is 16.0. The van der Waals surface area contributed by atoms with E-state index in [0.29, 0.717) is 78.1 Å². The van der Waals surface area contributed by atoms with E-state index in [1.165, 1.54) is 0 Å². The molecule has 4 aromatic rings. The number of methoxy groups -OCH3 is 1. The predicted molar refractivity (Wildman–Crippen MR) is 186 cm³/mol. The van der Waals surface area contributed by atoms with E-state index in [0.717, 1.165) is 29.9 Å². The Bertz CT molecular complexity index is 1910. The fourth-order valence-corrected chi connectivity index (χ4v) is 6.78. The summed E-state index contributed by atoms with van der Waals surface area (Å²) in [5.74, 6) is 0.0267. The summed E-state index contributed by atoms with van der Waals surface area (Å²) in [6.07, 6.45) is 3.96. The molecule has 0 unspecified atom stereocenters. The van der Waals surface area contributed by atoms with Crippen LogP contribution in [0.3, 0.4) is 0 Å². The maximum Gasteiger partial charge on any atom is 0.291 e. The highest BCUT2D eigenvalue weighted by atomic mass is 35.5. The molecular formula is C34H37Cl2N9O4. The number of hydrogen-bond acceptors (Lipinski definition) is 9. The molecule has 3 aromatic heterocycles. The van der Waals surface area contributed by atoms with Crippen LogP contribution in [0, 0.1) is 0 Å². The number of hydrogen-bond donors (Lipinski definition) is 4. The molecule has 15 heteroatoms. The summed E-state index contributed by atoms with van der Waals surface area (Å²) in [6, 6.07) is 10.9. The Hall–Kier alpha value is -4.56. The fraction of sp³-hybridized carbons (Fsp3) is 0.353. The number of ether oxygens (including phenoxy) is 1. The number of imidazole rings is 1. The van der Waals surface area contributed by atoms with E-state index < -0.39 is 5.91 Å². The molecule has 6 rings (SSSR count). The number of nitrogens with two attached hydrogens (primary N) is 1. The van der Waals surface area contributed by atoms with Crippen LogP contribution in [-0.2, 0) is 36.1 Å². The molecule has 1 fully saturated rings. The molecule has 0 bridgehead atoms. The van der Waals surface area contributed by atoms with Gasteiger partial charge in [0.15, 0.2) is 5.82 Å². The number of pyridine rings is 2. The lowest BCUT2D eigenvalue weighted by molar-refractivity contribution is -0.119. The maximum atomic E-state index is 13.5. The molecule has 0 aliphatic carbocycles. The Morgan fingerprint density at radius 2 is 1.94 bits per heavy atom. The minimum Gasteiger partial charge on any atom is -0.481 e. The third-order valence-electron chi connectivity index (χ3n) is 8.80. The smallest absolute Gasteiger partial charge is 0.291 e. The first-order valence-corrected chi connectivity index (χ1v) is 16.7. The Labute approximate surface area is 293 Å². The zero-order valence-electron chi connectivity index (χ0n) is 27.2. The van der Waals surface area contributed by atoms with Crippen molar-refractivity contribution < 1.29 is 19.1 Å². The zero-order valence-corrected chi connectivity index (χ0v) is 28.7. The number of carbonyl (C=O) groups is 3. The number of nitrogens with zero attached hydrogens (tertiary/aromatic N) is 5. The average Bonchev–Trinajstić information content (AvgIpc) is 3.66. The number of fused-ring (bicyclic) bond motifs is 1. The molecule has 2 aliphatic heterocycles. The number of anilines is 1. The molecule has 13 nitrogen and oxygen atoms in total. The Balaban J connectivity index is 1.19. The normalized spacial score (nSPS) is 15.9. The van der Waals surface area contributed by atoms with Gasteiger partial charge in [-0.2, -0.15) is 0 Å². The van der Waals surface area contributed by atoms with Crippen LogP contribution in [-0.4, -0.2) is 74.9 Å². The van der Waals surface area contributed by atoms with Gasteiger partial charge >= 0.3 is 0 Å². The van der Waals surface area contributed by atoms with E-state index in [9.17, 15) is 14.4 Å². The highest BCUT2D eigenvalue weighted by molar-refractivity contribution is 6.39. The first-order chi connectivity index (χ1) is 23.6. The van der Waals surface area contributed by atoms with Gasteiger partial charge < -0.3 is 31.0 Å². The van der Waals surface area contributed by atoms with Crippen molar-refractivity contribution in [2.45, 2.75) is 44.8 Å². The van der Waals surface area contributed by atoms with Crippen LogP contribution in [0.4, 0.5) is 5.69 Å². The van der Waals surface area contributed by atoms with Crippen LogP contribution in [0.5, 0.6) is 5.88 Å². The number of rotatable bonds is 12. The van der Waals surface area contributed by atoms with E-state index in [1.807, 2.05) is 19.2 Å². The third kappa shape index (κ3) is 7.54. The quantitative estimate of drug-likeness (QED) is 0.172. The minimum absolute atomic E-state index is 0.0810. The molecule has 0 radical (unpaired) electrons. The third-order valence-corrected chi connectivity index (χ3v) is 9.59. The number of halogens is 2. The van der Waals surface area contributed by atoms with Crippen molar-refractivity contribution in [3.8, 4) is 28.4 Å². The summed E-state index contributed by atoms with van der Waals surface area (Å²) >= 11 is 13.8. The Morgan fingerprint density at radius 3 is 2.69 bits per heavy atom. The molecule has 5 heterocycles. The van der Waals surface area contributed by atoms with Crippen LogP contribution in [0.2, 0.25) is 10.0 Å². The molecule has 1 saturated heterocycles. The van der Waals surface area contributed by atoms with Gasteiger partial charge in [0.05, 0.1) is 39.9 Å². The van der Waals surface area contributed by atoms with Crippen molar-refractivity contribution >= 4 is 46.6 Å². The Morgan fingerprint density at radius 1 is 1.10 bits per heavy atom. The van der Waals surface area contributed by atoms with Crippen LogP contribution < -0.4 is 26.4 Å². The van der Waals surface area contributed by atoms with Gasteiger partial charge in [0, 0.05) is 93.7 Å². The van der Waals surface area contributed by atoms with Gasteiger partial charge in [-0.1, -0.05) is 41.4 Å². The molecule has 49 heavy (non-hydrogen) atoms. The number of benzene rings is 1. The van der Waals surface area contributed by atoms with Crippen LogP contribution in [0.25, 0.3) is 22.5 Å². The summed E-state index contributed by atoms with van der Waals surface area (Å²) < 4.78 is 7.40. The molecule has 1 aromatic carbocycles. The van der Waals surface area contributed by atoms with Gasteiger partial charge in [-0.05, 0) is 24.6 Å². The van der Waals surface area contributed by atoms with Crippen molar-refractivity contribution in [2.75, 3.05) is 32.1 Å². The largest absolute Gasteiger partial charge is 0.481 e. The van der Waals surface area contributed by atoms with Crippen LogP contribution in [0.1, 0.15) is 46.8 Å². The lowest BCUT2D eigenvalue weighted by Gasteiger charge is -2.25. The second-order valence-corrected chi connectivity index (χ2v) is 12.8. The number of primary amides is 1. The average molecular weight is 707 g/mol. The van der Waals surface area contributed by atoms with Crippen molar-refractivity contribution in [3.05, 3.63) is 75.4 Å². The molecule has 1 atom stereocenters. The summed E-state index contributed by atoms with van der Waals surface area (Å²) in [5.41, 5.74) is 10.5. The number of amides is 3. The summed E-state index contributed by atoms with van der Waals surface area (Å²) in [6.45, 7) is 2.99. The van der Waals surface area contributed by atoms with E-state index >= 15 is 0 Å². The molecule has 5 N–H and O–H groups in total. The highest BCUT2D eigenvalue weighted by Crippen LogP contribution is 2.40. The van der Waals surface area contributed by atoms with E-state index in [-0.39, 0.29) is 35.1 Å². The molecule has 0 spiro atoms. The fourth-order valence-electron chi connectivity index (χ4n) is 6.21. The topological polar surface area (TPSA) is 169 Å². The lowest BCUT2D eigenvalue weighted by atomic mass is 10.1. The summed E-state index contributed by atoms with van der Waals surface area (Å²) in [7, 11) is 3.38. The molecule has 0 saturated carbocycles. The zero-order chi connectivity index (χ0) is 34.7. The van der Waals surface area contributed by atoms with Crippen molar-refractivity contribution in [2.24, 2.45) is 12.8 Å². The lowest BCUT2D eigenvalue weighted by Crippen LogP contribution is -2.35. The minimum atomic E-state index is -0.411. The van der Waals surface area contributed by atoms with Gasteiger partial charge in [-0.25, -0.2) is 9.97 Å². The second-order valence-electron chi connectivity index (χ2n) is 12.1. The van der Waals surface area contributed by atoms with Gasteiger partial charge in [0.25, 0.3) is 5.91 Å².